The molecule has 0 spiro atoms. The Hall–Kier alpha value is -2.62. The Labute approximate surface area is 110 Å². The summed E-state index contributed by atoms with van der Waals surface area (Å²) in [6.45, 7) is 1.80. The molecule has 19 heavy (non-hydrogen) atoms. The Morgan fingerprint density at radius 2 is 2.05 bits per heavy atom. The lowest BCUT2D eigenvalue weighted by molar-refractivity contribution is 0.0995. The van der Waals surface area contributed by atoms with Crippen molar-refractivity contribution in [2.75, 3.05) is 5.32 Å². The van der Waals surface area contributed by atoms with Gasteiger partial charge < -0.3 is 9.73 Å². The molecule has 0 aliphatic heterocycles. The number of furan rings is 1. The molecule has 1 aromatic carbocycles. The van der Waals surface area contributed by atoms with Crippen LogP contribution in [0.3, 0.4) is 0 Å². The number of carbonyl (C=O) groups excluding carboxylic acids is 1. The summed E-state index contributed by atoms with van der Waals surface area (Å²) >= 11 is 0. The third-order valence-electron chi connectivity index (χ3n) is 2.86. The van der Waals surface area contributed by atoms with Gasteiger partial charge in [0, 0.05) is 11.6 Å². The van der Waals surface area contributed by atoms with Crippen LogP contribution in [0, 0.1) is 6.92 Å². The second-order valence-corrected chi connectivity index (χ2v) is 4.24. The molecule has 1 amide bonds. The number of nitrogens with one attached hydrogen (secondary N) is 1. The SMILES string of the molecule is Cc1ccc(C(=O)Nc2cccc3ncccc23)o1. The first-order chi connectivity index (χ1) is 9.24. The molecule has 0 radical (unpaired) electrons. The maximum absolute atomic E-state index is 12.0. The van der Waals surface area contributed by atoms with Gasteiger partial charge in [-0.15, -0.1) is 0 Å². The molecule has 0 bridgehead atoms. The van der Waals surface area contributed by atoms with Crippen molar-refractivity contribution in [3.05, 3.63) is 60.2 Å². The number of pyridine rings is 1. The number of anilines is 1. The number of amides is 1. The summed E-state index contributed by atoms with van der Waals surface area (Å²) < 4.78 is 5.30. The highest BCUT2D eigenvalue weighted by molar-refractivity contribution is 6.07. The molecule has 1 N–H and O–H groups in total. The van der Waals surface area contributed by atoms with E-state index in [0.29, 0.717) is 11.5 Å². The van der Waals surface area contributed by atoms with E-state index in [-0.39, 0.29) is 5.91 Å². The van der Waals surface area contributed by atoms with Gasteiger partial charge in [-0.25, -0.2) is 0 Å². The van der Waals surface area contributed by atoms with Crippen molar-refractivity contribution in [2.24, 2.45) is 0 Å². The number of fused-ring (bicyclic) bond motifs is 1. The second kappa shape index (κ2) is 4.57. The van der Waals surface area contributed by atoms with Crippen molar-refractivity contribution in [3.8, 4) is 0 Å². The molecule has 4 nitrogen and oxygen atoms in total. The highest BCUT2D eigenvalue weighted by Crippen LogP contribution is 2.22. The first-order valence-corrected chi connectivity index (χ1v) is 5.95. The smallest absolute Gasteiger partial charge is 0.291 e. The van der Waals surface area contributed by atoms with Gasteiger partial charge in [-0.2, -0.15) is 0 Å². The lowest BCUT2D eigenvalue weighted by Gasteiger charge is -2.06. The van der Waals surface area contributed by atoms with Crippen LogP contribution in [0.4, 0.5) is 5.69 Å². The van der Waals surface area contributed by atoms with Crippen molar-refractivity contribution >= 4 is 22.5 Å². The predicted octanol–water partition coefficient (Wildman–Crippen LogP) is 3.39. The zero-order valence-electron chi connectivity index (χ0n) is 10.4. The van der Waals surface area contributed by atoms with Crippen LogP contribution in [0.25, 0.3) is 10.9 Å². The van der Waals surface area contributed by atoms with Gasteiger partial charge in [0.15, 0.2) is 5.76 Å². The van der Waals surface area contributed by atoms with Gasteiger partial charge in [0.25, 0.3) is 5.91 Å². The Kier molecular flexibility index (Phi) is 2.76. The lowest BCUT2D eigenvalue weighted by Crippen LogP contribution is -2.11. The molecule has 0 saturated heterocycles. The monoisotopic (exact) mass is 252 g/mol. The molecule has 3 rings (SSSR count). The molecule has 0 aliphatic rings. The van der Waals surface area contributed by atoms with Crippen LogP contribution in [0.15, 0.2) is 53.1 Å². The lowest BCUT2D eigenvalue weighted by atomic mass is 10.2. The molecule has 4 heteroatoms. The second-order valence-electron chi connectivity index (χ2n) is 4.24. The first-order valence-electron chi connectivity index (χ1n) is 5.95. The maximum Gasteiger partial charge on any atom is 0.291 e. The number of hydrogen-bond donors (Lipinski definition) is 1. The summed E-state index contributed by atoms with van der Waals surface area (Å²) in [5, 5.41) is 3.75. The number of nitrogens with zero attached hydrogens (tertiary/aromatic N) is 1. The number of benzene rings is 1. The molecule has 0 aliphatic carbocycles. The van der Waals surface area contributed by atoms with Crippen LogP contribution in [-0.4, -0.2) is 10.9 Å². The van der Waals surface area contributed by atoms with Gasteiger partial charge in [0.2, 0.25) is 0 Å². The largest absolute Gasteiger partial charge is 0.456 e. The van der Waals surface area contributed by atoms with E-state index in [1.54, 1.807) is 25.3 Å². The normalized spacial score (nSPS) is 10.6. The van der Waals surface area contributed by atoms with Crippen molar-refractivity contribution < 1.29 is 9.21 Å². The van der Waals surface area contributed by atoms with Crippen LogP contribution >= 0.6 is 0 Å². The number of rotatable bonds is 2. The molecule has 94 valence electrons. The Balaban J connectivity index is 1.95. The first kappa shape index (κ1) is 11.5. The van der Waals surface area contributed by atoms with Crippen LogP contribution in [-0.2, 0) is 0 Å². The fraction of sp³-hybridized carbons (Fsp3) is 0.0667. The minimum atomic E-state index is -0.260. The van der Waals surface area contributed by atoms with Gasteiger partial charge in [-0.05, 0) is 43.3 Å². The average molecular weight is 252 g/mol. The zero-order valence-corrected chi connectivity index (χ0v) is 10.4. The van der Waals surface area contributed by atoms with Gasteiger partial charge in [-0.1, -0.05) is 6.07 Å². The summed E-state index contributed by atoms with van der Waals surface area (Å²) in [6.07, 6.45) is 1.73. The Morgan fingerprint density at radius 3 is 2.84 bits per heavy atom. The summed E-state index contributed by atoms with van der Waals surface area (Å²) in [7, 11) is 0. The van der Waals surface area contributed by atoms with Crippen LogP contribution < -0.4 is 5.32 Å². The number of hydrogen-bond acceptors (Lipinski definition) is 3. The highest BCUT2D eigenvalue weighted by Gasteiger charge is 2.11. The molecule has 0 fully saturated rings. The van der Waals surface area contributed by atoms with Crippen LogP contribution in [0.1, 0.15) is 16.3 Å². The van der Waals surface area contributed by atoms with Crippen LogP contribution in [0.5, 0.6) is 0 Å². The minimum absolute atomic E-state index is 0.260. The van der Waals surface area contributed by atoms with Crippen molar-refractivity contribution in [1.29, 1.82) is 0 Å². The fourth-order valence-corrected chi connectivity index (χ4v) is 1.95. The van der Waals surface area contributed by atoms with Gasteiger partial charge in [0.1, 0.15) is 5.76 Å². The average Bonchev–Trinajstić information content (AvgIpc) is 2.86. The number of aromatic nitrogens is 1. The van der Waals surface area contributed by atoms with E-state index < -0.39 is 0 Å². The Morgan fingerprint density at radius 1 is 1.16 bits per heavy atom. The number of carbonyl (C=O) groups is 1. The van der Waals surface area contributed by atoms with E-state index in [9.17, 15) is 4.79 Å². The van der Waals surface area contributed by atoms with Crippen molar-refractivity contribution in [2.45, 2.75) is 6.92 Å². The molecule has 3 aromatic rings. The molecule has 2 aromatic heterocycles. The predicted molar refractivity (Wildman–Crippen MR) is 73.1 cm³/mol. The topological polar surface area (TPSA) is 55.1 Å². The summed E-state index contributed by atoms with van der Waals surface area (Å²) in [5.74, 6) is 0.757. The van der Waals surface area contributed by atoms with E-state index in [0.717, 1.165) is 16.6 Å². The minimum Gasteiger partial charge on any atom is -0.456 e. The van der Waals surface area contributed by atoms with E-state index in [1.807, 2.05) is 30.3 Å². The van der Waals surface area contributed by atoms with E-state index >= 15 is 0 Å². The van der Waals surface area contributed by atoms with E-state index in [1.165, 1.54) is 0 Å². The van der Waals surface area contributed by atoms with E-state index in [2.05, 4.69) is 10.3 Å². The third kappa shape index (κ3) is 2.20. The number of aryl methyl sites for hydroxylation is 1. The standard InChI is InChI=1S/C15H12N2O2/c1-10-7-8-14(19-10)15(18)17-13-6-2-5-12-11(13)4-3-9-16-12/h2-9H,1H3,(H,17,18). The summed E-state index contributed by atoms with van der Waals surface area (Å²) in [5.41, 5.74) is 1.57. The Bertz CT molecular complexity index is 741. The van der Waals surface area contributed by atoms with Crippen LogP contribution in [0.2, 0.25) is 0 Å². The van der Waals surface area contributed by atoms with Crippen molar-refractivity contribution in [3.63, 3.8) is 0 Å². The molecular formula is C15H12N2O2. The highest BCUT2D eigenvalue weighted by atomic mass is 16.3. The maximum atomic E-state index is 12.0. The molecular weight excluding hydrogens is 240 g/mol. The fourth-order valence-electron chi connectivity index (χ4n) is 1.95. The molecule has 0 atom stereocenters. The summed E-state index contributed by atoms with van der Waals surface area (Å²) in [6, 6.07) is 12.8. The summed E-state index contributed by atoms with van der Waals surface area (Å²) in [4.78, 5) is 16.3. The van der Waals surface area contributed by atoms with Gasteiger partial charge in [-0.3, -0.25) is 9.78 Å². The third-order valence-corrected chi connectivity index (χ3v) is 2.86. The van der Waals surface area contributed by atoms with Gasteiger partial charge >= 0.3 is 0 Å². The van der Waals surface area contributed by atoms with Gasteiger partial charge in [0.05, 0.1) is 11.2 Å². The molecule has 0 saturated carbocycles. The zero-order chi connectivity index (χ0) is 13.2. The quantitative estimate of drug-likeness (QED) is 0.760. The molecule has 2 heterocycles. The van der Waals surface area contributed by atoms with Crippen molar-refractivity contribution in [1.82, 2.24) is 4.98 Å². The molecule has 0 unspecified atom stereocenters. The van der Waals surface area contributed by atoms with E-state index in [4.69, 9.17) is 4.42 Å².